The Morgan fingerprint density at radius 1 is 0.758 bits per heavy atom. The molecule has 6 rings (SSSR count). The smallest absolute Gasteiger partial charge is 0.0521 e. The van der Waals surface area contributed by atoms with Gasteiger partial charge in [-0.05, 0) is 40.0 Å². The van der Waals surface area contributed by atoms with E-state index in [1.807, 2.05) is 60.7 Å². The first-order valence-electron chi connectivity index (χ1n) is 11.5. The number of hydrogen-bond acceptors (Lipinski definition) is 4. The van der Waals surface area contributed by atoms with Gasteiger partial charge in [-0.15, -0.1) is 64.9 Å². The molecule has 0 saturated heterocycles. The van der Waals surface area contributed by atoms with E-state index in [-0.39, 0.29) is 25.8 Å². The van der Waals surface area contributed by atoms with Gasteiger partial charge in [0.05, 0.1) is 4.70 Å². The number of thiophene rings is 1. The maximum absolute atomic E-state index is 7.65. The van der Waals surface area contributed by atoms with Crippen LogP contribution in [0.1, 0.15) is 9.81 Å². The fourth-order valence-electron chi connectivity index (χ4n) is 3.40. The minimum Gasteiger partial charge on any atom is -0.357 e. The van der Waals surface area contributed by atoms with Crippen LogP contribution in [0, 0.1) is 19.0 Å². The van der Waals surface area contributed by atoms with E-state index in [2.05, 4.69) is 39.2 Å². The maximum atomic E-state index is 7.65. The van der Waals surface area contributed by atoms with Gasteiger partial charge in [0.1, 0.15) is 0 Å². The Bertz CT molecular complexity index is 1550. The fourth-order valence-corrected chi connectivity index (χ4v) is 4.46. The van der Waals surface area contributed by atoms with Crippen molar-refractivity contribution >= 4 is 31.5 Å². The summed E-state index contributed by atoms with van der Waals surface area (Å²) < 4.78 is 25.2. The third-order valence-corrected chi connectivity index (χ3v) is 6.03. The summed E-state index contributed by atoms with van der Waals surface area (Å²) >= 11 is 1.68. The molecular weight excluding hydrogens is 603 g/mol. The molecule has 3 nitrogen and oxygen atoms in total. The van der Waals surface area contributed by atoms with E-state index < -0.39 is 6.85 Å². The van der Waals surface area contributed by atoms with E-state index in [0.29, 0.717) is 11.3 Å². The Balaban J connectivity index is 0.000000198. The third-order valence-electron chi connectivity index (χ3n) is 4.91. The monoisotopic (exact) mass is 625 g/mol. The van der Waals surface area contributed by atoms with Crippen LogP contribution in [0.3, 0.4) is 0 Å². The molecule has 0 bridgehead atoms. The number of aromatic nitrogens is 3. The van der Waals surface area contributed by atoms with E-state index in [4.69, 9.17) is 4.11 Å². The van der Waals surface area contributed by atoms with Gasteiger partial charge in [0.2, 0.25) is 0 Å². The Kier molecular flexibility index (Phi) is 6.17. The maximum Gasteiger partial charge on any atom is 0.0521 e. The van der Waals surface area contributed by atoms with Gasteiger partial charge in [0, 0.05) is 41.3 Å². The van der Waals surface area contributed by atoms with Crippen molar-refractivity contribution in [3.63, 3.8) is 0 Å². The normalized spacial score (nSPS) is 12.1. The Hall–Kier alpha value is -3.24. The van der Waals surface area contributed by atoms with Crippen LogP contribution < -0.4 is 0 Å². The predicted molar refractivity (Wildman–Crippen MR) is 132 cm³/mol. The van der Waals surface area contributed by atoms with Crippen molar-refractivity contribution in [1.29, 1.82) is 0 Å². The van der Waals surface area contributed by atoms with E-state index >= 15 is 0 Å². The molecule has 0 aliphatic carbocycles. The van der Waals surface area contributed by atoms with Gasteiger partial charge < -0.3 is 15.0 Å². The molecule has 0 spiro atoms. The largest absolute Gasteiger partial charge is 0.357 e. The second kappa shape index (κ2) is 10.6. The van der Waals surface area contributed by atoms with Gasteiger partial charge in [0.25, 0.3) is 0 Å². The second-order valence-corrected chi connectivity index (χ2v) is 8.05. The molecule has 0 unspecified atom stereocenters. The molecule has 0 aliphatic heterocycles. The van der Waals surface area contributed by atoms with Crippen LogP contribution >= 0.6 is 11.3 Å². The zero-order chi connectivity index (χ0) is 24.3. The van der Waals surface area contributed by atoms with Crippen molar-refractivity contribution in [2.24, 2.45) is 0 Å². The molecule has 0 N–H and O–H groups in total. The van der Waals surface area contributed by atoms with E-state index in [1.165, 1.54) is 10.9 Å². The van der Waals surface area contributed by atoms with Gasteiger partial charge >= 0.3 is 0 Å². The molecule has 33 heavy (non-hydrogen) atoms. The summed E-state index contributed by atoms with van der Waals surface area (Å²) in [7, 11) is 0. The minimum atomic E-state index is -2.29. The summed E-state index contributed by atoms with van der Waals surface area (Å²) in [4.78, 5) is 12.7. The first kappa shape index (κ1) is 19.2. The molecular formula is C28H19IrN3S-2. The minimum absolute atomic E-state index is 0. The van der Waals surface area contributed by atoms with Gasteiger partial charge in [-0.3, -0.25) is 0 Å². The van der Waals surface area contributed by atoms with Crippen LogP contribution in [-0.2, 0) is 20.1 Å². The van der Waals surface area contributed by atoms with Crippen LogP contribution in [0.5, 0.6) is 0 Å². The molecule has 0 fully saturated rings. The number of nitrogens with zero attached hydrogens (tertiary/aromatic N) is 3. The second-order valence-electron chi connectivity index (χ2n) is 6.97. The van der Waals surface area contributed by atoms with E-state index in [9.17, 15) is 0 Å². The summed E-state index contributed by atoms with van der Waals surface area (Å²) in [6.45, 7) is -2.29. The predicted octanol–water partition coefficient (Wildman–Crippen LogP) is 7.17. The molecule has 0 atom stereocenters. The molecule has 5 heteroatoms. The van der Waals surface area contributed by atoms with Gasteiger partial charge in [-0.25, -0.2) is 0 Å². The average Bonchev–Trinajstić information content (AvgIpc) is 3.28. The van der Waals surface area contributed by atoms with Crippen molar-refractivity contribution in [2.45, 2.75) is 6.85 Å². The van der Waals surface area contributed by atoms with Crippen LogP contribution in [0.2, 0.25) is 0 Å². The fraction of sp³-hybridized carbons (Fsp3) is 0.0357. The van der Waals surface area contributed by atoms with Crippen molar-refractivity contribution in [2.75, 3.05) is 0 Å². The van der Waals surface area contributed by atoms with Crippen molar-refractivity contribution in [3.05, 3.63) is 115 Å². The Labute approximate surface area is 214 Å². The molecule has 163 valence electrons. The van der Waals surface area contributed by atoms with Crippen LogP contribution in [-0.4, -0.2) is 15.0 Å². The zero-order valence-electron chi connectivity index (χ0n) is 20.3. The first-order chi connectivity index (χ1) is 17.0. The summed E-state index contributed by atoms with van der Waals surface area (Å²) in [5.74, 6) is 0. The number of rotatable bonds is 2. The Morgan fingerprint density at radius 3 is 2.45 bits per heavy atom. The van der Waals surface area contributed by atoms with Crippen LogP contribution in [0.4, 0.5) is 0 Å². The van der Waals surface area contributed by atoms with Crippen molar-refractivity contribution in [1.82, 2.24) is 15.0 Å². The number of aryl methyl sites for hydroxylation is 1. The van der Waals surface area contributed by atoms with Gasteiger partial charge in [-0.2, -0.15) is 0 Å². The molecule has 4 heterocycles. The topological polar surface area (TPSA) is 38.7 Å². The average molecular weight is 625 g/mol. The van der Waals surface area contributed by atoms with Crippen molar-refractivity contribution in [3.8, 4) is 22.5 Å². The van der Waals surface area contributed by atoms with E-state index in [1.54, 1.807) is 29.8 Å². The zero-order valence-corrected chi connectivity index (χ0v) is 20.5. The standard InChI is InChI=1S/C17H11N2S.C11H8N.Ir/c1-11-12(6-4-8-18-11)15-9-14-13-5-2-3-7-16(13)20-17(14)10-19-15;1-2-6-10(7-3-1)11-8-4-5-9-12-11;/h2-5,7-10H,1H3;1-6,8-9H;/q2*-1;/i1D3;;. The van der Waals surface area contributed by atoms with Crippen LogP contribution in [0.15, 0.2) is 97.5 Å². The molecule has 2 aromatic carbocycles. The number of fused-ring (bicyclic) bond motifs is 3. The Morgan fingerprint density at radius 2 is 1.64 bits per heavy atom. The van der Waals surface area contributed by atoms with E-state index in [0.717, 1.165) is 26.7 Å². The molecule has 0 saturated carbocycles. The number of hydrogen-bond donors (Lipinski definition) is 0. The van der Waals surface area contributed by atoms with Crippen molar-refractivity contribution < 1.29 is 24.2 Å². The molecule has 6 aromatic rings. The summed E-state index contributed by atoms with van der Waals surface area (Å²) in [6, 6.07) is 31.5. The summed E-state index contributed by atoms with van der Waals surface area (Å²) in [5.41, 5.74) is 3.06. The molecule has 1 radical (unpaired) electrons. The molecule has 0 amide bonds. The quantitative estimate of drug-likeness (QED) is 0.192. The first-order valence-corrected chi connectivity index (χ1v) is 10.9. The number of pyridine rings is 3. The SMILES string of the molecule is [2H]C([2H])([2H])c1ncc[c-]c1-c1cc2c(cn1)sc1ccccc12.[Ir].[c-]1ccccc1-c1ccccn1. The van der Waals surface area contributed by atoms with Gasteiger partial charge in [-0.1, -0.05) is 49.4 Å². The summed E-state index contributed by atoms with van der Waals surface area (Å²) in [5, 5.41) is 2.22. The summed E-state index contributed by atoms with van der Waals surface area (Å²) in [6.07, 6.45) is 5.03. The number of benzene rings is 2. The third kappa shape index (κ3) is 5.07. The van der Waals surface area contributed by atoms with Gasteiger partial charge in [0.15, 0.2) is 0 Å². The van der Waals surface area contributed by atoms with Crippen LogP contribution in [0.25, 0.3) is 42.7 Å². The molecule has 4 aromatic heterocycles. The molecule has 0 aliphatic rings.